The highest BCUT2D eigenvalue weighted by Crippen LogP contribution is 2.31. The summed E-state index contributed by atoms with van der Waals surface area (Å²) in [6, 6.07) is 16.0. The van der Waals surface area contributed by atoms with Crippen molar-refractivity contribution in [3.05, 3.63) is 112 Å². The zero-order valence-corrected chi connectivity index (χ0v) is 22.9. The molecule has 6 rings (SSSR count). The Balaban J connectivity index is 1.29. The number of fused-ring (bicyclic) bond motifs is 1. The van der Waals surface area contributed by atoms with Gasteiger partial charge in [-0.05, 0) is 60.5 Å². The van der Waals surface area contributed by atoms with Crippen LogP contribution < -0.4 is 10.1 Å². The lowest BCUT2D eigenvalue weighted by atomic mass is 10.0. The average molecular weight is 598 g/mol. The van der Waals surface area contributed by atoms with E-state index in [0.29, 0.717) is 24.0 Å². The number of pyridine rings is 1. The number of imidazole rings is 1. The third-order valence-electron chi connectivity index (χ3n) is 7.38. The molecule has 0 aliphatic carbocycles. The molecule has 9 nitrogen and oxygen atoms in total. The van der Waals surface area contributed by atoms with Crippen LogP contribution in [0.15, 0.2) is 66.7 Å². The first-order valence-corrected chi connectivity index (χ1v) is 13.5. The van der Waals surface area contributed by atoms with Crippen LogP contribution in [0.3, 0.4) is 0 Å². The fraction of sp³-hybridized carbons (Fsp3) is 0.156. The van der Waals surface area contributed by atoms with E-state index in [9.17, 15) is 19.1 Å². The predicted octanol–water partition coefficient (Wildman–Crippen LogP) is 5.32. The lowest BCUT2D eigenvalue weighted by Gasteiger charge is -2.15. The van der Waals surface area contributed by atoms with Crippen LogP contribution in [0.25, 0.3) is 22.3 Å². The number of nitrogens with zero attached hydrogens (tertiary/aromatic N) is 4. The molecule has 1 saturated heterocycles. The molecule has 0 unspecified atom stereocenters. The van der Waals surface area contributed by atoms with Gasteiger partial charge in [0.05, 0.1) is 33.9 Å². The van der Waals surface area contributed by atoms with E-state index in [2.05, 4.69) is 15.3 Å². The number of aromatic nitrogens is 3. The molecular formula is C32H22F3N5O4. The van der Waals surface area contributed by atoms with Crippen molar-refractivity contribution in [2.45, 2.75) is 25.5 Å². The number of nitriles is 1. The molecule has 220 valence electrons. The number of hydrogen-bond donors (Lipinski definition) is 2. The minimum absolute atomic E-state index is 0.00549. The molecule has 1 aliphatic heterocycles. The molecule has 12 heteroatoms. The third-order valence-corrected chi connectivity index (χ3v) is 7.38. The van der Waals surface area contributed by atoms with Gasteiger partial charge in [-0.3, -0.25) is 4.79 Å². The minimum atomic E-state index is -1.15. The van der Waals surface area contributed by atoms with E-state index in [1.165, 1.54) is 42.5 Å². The highest BCUT2D eigenvalue weighted by molar-refractivity contribution is 5.93. The Bertz CT molecular complexity index is 2000. The molecule has 2 N–H and O–H groups in total. The van der Waals surface area contributed by atoms with Gasteiger partial charge in [0.25, 0.3) is 0 Å². The molecule has 1 fully saturated rings. The molecule has 44 heavy (non-hydrogen) atoms. The monoisotopic (exact) mass is 597 g/mol. The summed E-state index contributed by atoms with van der Waals surface area (Å²) in [6.07, 6.45) is 0.253. The maximum Gasteiger partial charge on any atom is 0.335 e. The molecule has 1 atom stereocenters. The Morgan fingerprint density at radius 3 is 2.57 bits per heavy atom. The maximum atomic E-state index is 15.5. The Hall–Kier alpha value is -5.70. The fourth-order valence-electron chi connectivity index (χ4n) is 5.20. The number of nitrogens with one attached hydrogen (secondary N) is 1. The van der Waals surface area contributed by atoms with Gasteiger partial charge in [-0.25, -0.2) is 27.9 Å². The van der Waals surface area contributed by atoms with Gasteiger partial charge < -0.3 is 19.7 Å². The molecule has 5 aromatic rings. The summed E-state index contributed by atoms with van der Waals surface area (Å²) < 4.78 is 52.3. The SMILES string of the molecule is N#Cc1ccc(COc2cccc(-c3cc(F)c(Cc4nc5ccc(C(=O)O)cc5n4[C@@H]4CCNC4=O)cc3F)n2)c(F)c1. The molecule has 1 aliphatic rings. The summed E-state index contributed by atoms with van der Waals surface area (Å²) >= 11 is 0. The van der Waals surface area contributed by atoms with E-state index >= 15 is 8.78 Å². The van der Waals surface area contributed by atoms with Gasteiger partial charge in [0.2, 0.25) is 11.8 Å². The zero-order chi connectivity index (χ0) is 31.0. The van der Waals surface area contributed by atoms with Crippen molar-refractivity contribution in [2.75, 3.05) is 6.54 Å². The van der Waals surface area contributed by atoms with Crippen molar-refractivity contribution < 1.29 is 32.6 Å². The number of rotatable bonds is 8. The van der Waals surface area contributed by atoms with Crippen LogP contribution in [0.4, 0.5) is 13.2 Å². The number of amides is 1. The highest BCUT2D eigenvalue weighted by atomic mass is 19.1. The summed E-state index contributed by atoms with van der Waals surface area (Å²) in [5, 5.41) is 21.1. The van der Waals surface area contributed by atoms with E-state index in [4.69, 9.17) is 10.00 Å². The van der Waals surface area contributed by atoms with E-state index in [0.717, 1.165) is 18.2 Å². The van der Waals surface area contributed by atoms with Crippen molar-refractivity contribution in [3.63, 3.8) is 0 Å². The number of carbonyl (C=O) groups excluding carboxylic acids is 1. The predicted molar refractivity (Wildman–Crippen MR) is 151 cm³/mol. The largest absolute Gasteiger partial charge is 0.478 e. The Labute approximate surface area is 248 Å². The summed E-state index contributed by atoms with van der Waals surface area (Å²) in [6.45, 7) is 0.217. The smallest absolute Gasteiger partial charge is 0.335 e. The lowest BCUT2D eigenvalue weighted by Crippen LogP contribution is -2.23. The van der Waals surface area contributed by atoms with Gasteiger partial charge in [0.1, 0.15) is 35.9 Å². The summed E-state index contributed by atoms with van der Waals surface area (Å²) in [5.41, 5.74) is 1.12. The minimum Gasteiger partial charge on any atom is -0.478 e. The Morgan fingerprint density at radius 2 is 1.84 bits per heavy atom. The van der Waals surface area contributed by atoms with Gasteiger partial charge in [-0.15, -0.1) is 0 Å². The van der Waals surface area contributed by atoms with Crippen LogP contribution in [0.1, 0.15) is 45.3 Å². The summed E-state index contributed by atoms with van der Waals surface area (Å²) in [7, 11) is 0. The summed E-state index contributed by atoms with van der Waals surface area (Å²) in [4.78, 5) is 33.0. The van der Waals surface area contributed by atoms with E-state index in [1.807, 2.05) is 6.07 Å². The number of carboxylic acids is 1. The van der Waals surface area contributed by atoms with Crippen molar-refractivity contribution >= 4 is 22.9 Å². The highest BCUT2D eigenvalue weighted by Gasteiger charge is 2.30. The van der Waals surface area contributed by atoms with Crippen molar-refractivity contribution in [3.8, 4) is 23.2 Å². The molecule has 0 radical (unpaired) electrons. The molecule has 2 aromatic heterocycles. The summed E-state index contributed by atoms with van der Waals surface area (Å²) in [5.74, 6) is -3.21. The second-order valence-corrected chi connectivity index (χ2v) is 10.2. The van der Waals surface area contributed by atoms with Crippen molar-refractivity contribution in [2.24, 2.45) is 0 Å². The number of ether oxygens (including phenoxy) is 1. The number of benzene rings is 3. The zero-order valence-electron chi connectivity index (χ0n) is 22.9. The third kappa shape index (κ3) is 5.43. The van der Waals surface area contributed by atoms with Crippen molar-refractivity contribution in [1.82, 2.24) is 19.9 Å². The van der Waals surface area contributed by atoms with Gasteiger partial charge in [-0.2, -0.15) is 5.26 Å². The van der Waals surface area contributed by atoms with Crippen LogP contribution >= 0.6 is 0 Å². The van der Waals surface area contributed by atoms with Crippen molar-refractivity contribution in [1.29, 1.82) is 5.26 Å². The van der Waals surface area contributed by atoms with E-state index in [-0.39, 0.29) is 64.2 Å². The van der Waals surface area contributed by atoms with Gasteiger partial charge in [0.15, 0.2) is 0 Å². The van der Waals surface area contributed by atoms with Crippen LogP contribution in [0.5, 0.6) is 5.88 Å². The van der Waals surface area contributed by atoms with Crippen LogP contribution in [-0.4, -0.2) is 38.1 Å². The number of carboxylic acid groups (broad SMARTS) is 1. The van der Waals surface area contributed by atoms with Gasteiger partial charge >= 0.3 is 5.97 Å². The van der Waals surface area contributed by atoms with Gasteiger partial charge in [-0.1, -0.05) is 12.1 Å². The van der Waals surface area contributed by atoms with Crippen LogP contribution in [-0.2, 0) is 17.8 Å². The first-order valence-electron chi connectivity index (χ1n) is 13.5. The second kappa shape index (κ2) is 11.5. The molecule has 3 aromatic carbocycles. The first-order chi connectivity index (χ1) is 21.2. The number of hydrogen-bond acceptors (Lipinski definition) is 6. The number of aromatic carboxylic acids is 1. The molecule has 0 spiro atoms. The normalized spacial score (nSPS) is 14.4. The number of carbonyl (C=O) groups is 2. The number of halogens is 3. The van der Waals surface area contributed by atoms with Crippen LogP contribution in [0, 0.1) is 28.8 Å². The first kappa shape index (κ1) is 28.4. The Morgan fingerprint density at radius 1 is 1.02 bits per heavy atom. The molecule has 1 amide bonds. The van der Waals surface area contributed by atoms with E-state index < -0.39 is 29.5 Å². The lowest BCUT2D eigenvalue weighted by molar-refractivity contribution is -0.121. The molecule has 0 bridgehead atoms. The molecule has 0 saturated carbocycles. The second-order valence-electron chi connectivity index (χ2n) is 10.2. The topological polar surface area (TPSA) is 130 Å². The quantitative estimate of drug-likeness (QED) is 0.248. The Kier molecular flexibility index (Phi) is 7.45. The molecular weight excluding hydrogens is 575 g/mol. The maximum absolute atomic E-state index is 15.5. The fourth-order valence-corrected chi connectivity index (χ4v) is 5.20. The van der Waals surface area contributed by atoms with E-state index in [1.54, 1.807) is 10.6 Å². The molecule has 3 heterocycles. The van der Waals surface area contributed by atoms with Gasteiger partial charge in [0, 0.05) is 30.2 Å². The van der Waals surface area contributed by atoms with Crippen LogP contribution in [0.2, 0.25) is 0 Å². The average Bonchev–Trinajstić information content (AvgIpc) is 3.59. The standard InChI is InChI=1S/C32H22F3N5O4/c33-22-10-17(15-36)4-5-19(22)16-44-30-3-1-2-25(39-30)21-14-23(34)20(11-24(21)35)13-29-38-26-7-6-18(32(42)43)12-28(26)40(29)27-8-9-37-31(27)41/h1-7,10-12,14,27H,8-9,13,16H2,(H,37,41)(H,42,43)/t27-/m1/s1.